The molecule has 0 fully saturated rings. The summed E-state index contributed by atoms with van der Waals surface area (Å²) in [6.45, 7) is 8.21. The zero-order chi connectivity index (χ0) is 18.4. The lowest BCUT2D eigenvalue weighted by Gasteiger charge is -2.13. The number of hydrogen-bond acceptors (Lipinski definition) is 5. The molecule has 7 nitrogen and oxygen atoms in total. The van der Waals surface area contributed by atoms with Crippen molar-refractivity contribution in [2.75, 3.05) is 6.54 Å². The summed E-state index contributed by atoms with van der Waals surface area (Å²) in [7, 11) is 0. The van der Waals surface area contributed by atoms with Crippen molar-refractivity contribution in [3.05, 3.63) is 36.2 Å². The maximum Gasteiger partial charge on any atom is 0.321 e. The molecule has 25 heavy (non-hydrogen) atoms. The van der Waals surface area contributed by atoms with E-state index in [9.17, 15) is 9.59 Å². The lowest BCUT2D eigenvalue weighted by atomic mass is 10.2. The number of rotatable bonds is 6. The van der Waals surface area contributed by atoms with Crippen LogP contribution in [0.3, 0.4) is 0 Å². The van der Waals surface area contributed by atoms with Crippen LogP contribution in [0.1, 0.15) is 26.3 Å². The van der Waals surface area contributed by atoms with E-state index in [2.05, 4.69) is 20.8 Å². The van der Waals surface area contributed by atoms with Crippen LogP contribution in [0, 0.1) is 12.8 Å². The number of aryl methyl sites for hydroxylation is 1. The SMILES string of the molecule is Cc1ccccc1-n1cnnc1S[C@@H](C)C(=O)NC(=O)NCC(C)C. The Morgan fingerprint density at radius 2 is 1.96 bits per heavy atom. The first kappa shape index (κ1) is 19.0. The highest BCUT2D eigenvalue weighted by atomic mass is 32.2. The molecule has 1 aromatic carbocycles. The minimum absolute atomic E-state index is 0.320. The van der Waals surface area contributed by atoms with Gasteiger partial charge in [-0.2, -0.15) is 0 Å². The monoisotopic (exact) mass is 361 g/mol. The molecule has 0 bridgehead atoms. The topological polar surface area (TPSA) is 88.9 Å². The fourth-order valence-corrected chi connectivity index (χ4v) is 2.91. The van der Waals surface area contributed by atoms with Gasteiger partial charge in [0.25, 0.3) is 0 Å². The number of thioether (sulfide) groups is 1. The van der Waals surface area contributed by atoms with Gasteiger partial charge in [0, 0.05) is 6.54 Å². The van der Waals surface area contributed by atoms with E-state index in [0.29, 0.717) is 17.6 Å². The van der Waals surface area contributed by atoms with Gasteiger partial charge >= 0.3 is 6.03 Å². The zero-order valence-electron chi connectivity index (χ0n) is 14.8. The minimum atomic E-state index is -0.489. The highest BCUT2D eigenvalue weighted by Gasteiger charge is 2.20. The van der Waals surface area contributed by atoms with Crippen molar-refractivity contribution in [1.29, 1.82) is 0 Å². The van der Waals surface area contributed by atoms with Crippen LogP contribution in [0.15, 0.2) is 35.7 Å². The van der Waals surface area contributed by atoms with Crippen LogP contribution in [0.25, 0.3) is 5.69 Å². The molecule has 0 aliphatic rings. The zero-order valence-corrected chi connectivity index (χ0v) is 15.6. The van der Waals surface area contributed by atoms with Crippen molar-refractivity contribution in [2.24, 2.45) is 5.92 Å². The molecule has 0 aliphatic carbocycles. The van der Waals surface area contributed by atoms with Crippen molar-refractivity contribution >= 4 is 23.7 Å². The molecule has 134 valence electrons. The van der Waals surface area contributed by atoms with Gasteiger partial charge in [-0.15, -0.1) is 10.2 Å². The van der Waals surface area contributed by atoms with Gasteiger partial charge < -0.3 is 5.32 Å². The minimum Gasteiger partial charge on any atom is -0.338 e. The van der Waals surface area contributed by atoms with Gasteiger partial charge in [0.2, 0.25) is 5.91 Å². The smallest absolute Gasteiger partial charge is 0.321 e. The number of urea groups is 1. The van der Waals surface area contributed by atoms with Crippen LogP contribution in [0.2, 0.25) is 0 Å². The molecule has 2 N–H and O–H groups in total. The van der Waals surface area contributed by atoms with Crippen molar-refractivity contribution in [1.82, 2.24) is 25.4 Å². The number of carbonyl (C=O) groups is 2. The highest BCUT2D eigenvalue weighted by molar-refractivity contribution is 8.00. The molecular formula is C17H23N5O2S. The number of nitrogens with zero attached hydrogens (tertiary/aromatic N) is 3. The Bertz CT molecular complexity index is 744. The number of aromatic nitrogens is 3. The molecule has 1 aromatic heterocycles. The summed E-state index contributed by atoms with van der Waals surface area (Å²) in [5, 5.41) is 13.1. The van der Waals surface area contributed by atoms with E-state index in [4.69, 9.17) is 0 Å². The first-order chi connectivity index (χ1) is 11.9. The van der Waals surface area contributed by atoms with Gasteiger partial charge in [-0.05, 0) is 31.4 Å². The number of carbonyl (C=O) groups excluding carboxylic acids is 2. The third kappa shape index (κ3) is 5.32. The van der Waals surface area contributed by atoms with E-state index in [1.807, 2.05) is 49.6 Å². The van der Waals surface area contributed by atoms with Crippen LogP contribution < -0.4 is 10.6 Å². The van der Waals surface area contributed by atoms with Crippen molar-refractivity contribution in [2.45, 2.75) is 38.1 Å². The molecule has 1 heterocycles. The second kappa shape index (κ2) is 8.66. The molecule has 1 atom stereocenters. The van der Waals surface area contributed by atoms with Gasteiger partial charge in [-0.3, -0.25) is 14.7 Å². The summed E-state index contributed by atoms with van der Waals surface area (Å²) in [4.78, 5) is 23.9. The van der Waals surface area contributed by atoms with Crippen LogP contribution in [-0.2, 0) is 4.79 Å². The Kier molecular flexibility index (Phi) is 6.58. The maximum atomic E-state index is 12.2. The van der Waals surface area contributed by atoms with E-state index < -0.39 is 11.3 Å². The summed E-state index contributed by atoms with van der Waals surface area (Å²) >= 11 is 1.25. The van der Waals surface area contributed by atoms with Crippen LogP contribution in [0.5, 0.6) is 0 Å². The Morgan fingerprint density at radius 3 is 2.64 bits per heavy atom. The molecule has 0 radical (unpaired) electrons. The summed E-state index contributed by atoms with van der Waals surface area (Å²) in [5.41, 5.74) is 2.03. The van der Waals surface area contributed by atoms with Gasteiger partial charge in [-0.1, -0.05) is 43.8 Å². The number of para-hydroxylation sites is 1. The first-order valence-corrected chi connectivity index (χ1v) is 8.97. The molecule has 0 aliphatic heterocycles. The van der Waals surface area contributed by atoms with Crippen LogP contribution in [0.4, 0.5) is 4.79 Å². The number of nitrogens with one attached hydrogen (secondary N) is 2. The van der Waals surface area contributed by atoms with Crippen LogP contribution >= 0.6 is 11.8 Å². The number of imide groups is 1. The van der Waals surface area contributed by atoms with E-state index in [0.717, 1.165) is 11.3 Å². The van der Waals surface area contributed by atoms with Gasteiger partial charge in [0.05, 0.1) is 10.9 Å². The highest BCUT2D eigenvalue weighted by Crippen LogP contribution is 2.25. The molecule has 0 saturated heterocycles. The van der Waals surface area contributed by atoms with Gasteiger partial charge in [0.15, 0.2) is 5.16 Å². The predicted octanol–water partition coefficient (Wildman–Crippen LogP) is 2.54. The van der Waals surface area contributed by atoms with Crippen molar-refractivity contribution in [3.63, 3.8) is 0 Å². The standard InChI is InChI=1S/C17H23N5O2S/c1-11(2)9-18-16(24)20-15(23)13(4)25-17-21-19-10-22(17)14-8-6-5-7-12(14)3/h5-8,10-11,13H,9H2,1-4H3,(H2,18,20,23,24)/t13-/m0/s1. The van der Waals surface area contributed by atoms with E-state index in [1.54, 1.807) is 13.3 Å². The molecular weight excluding hydrogens is 338 g/mol. The van der Waals surface area contributed by atoms with E-state index in [-0.39, 0.29) is 5.91 Å². The first-order valence-electron chi connectivity index (χ1n) is 8.10. The Morgan fingerprint density at radius 1 is 1.24 bits per heavy atom. The molecule has 2 rings (SSSR count). The van der Waals surface area contributed by atoms with E-state index in [1.165, 1.54) is 11.8 Å². The third-order valence-electron chi connectivity index (χ3n) is 3.45. The van der Waals surface area contributed by atoms with Gasteiger partial charge in [0.1, 0.15) is 6.33 Å². The average molecular weight is 361 g/mol. The Balaban J connectivity index is 2.01. The molecule has 8 heteroatoms. The molecule has 0 saturated carbocycles. The number of amides is 3. The lowest BCUT2D eigenvalue weighted by molar-refractivity contribution is -0.119. The lowest BCUT2D eigenvalue weighted by Crippen LogP contribution is -2.43. The van der Waals surface area contributed by atoms with Crippen molar-refractivity contribution < 1.29 is 9.59 Å². The second-order valence-corrected chi connectivity index (χ2v) is 7.43. The fraction of sp³-hybridized carbons (Fsp3) is 0.412. The van der Waals surface area contributed by atoms with Gasteiger partial charge in [-0.25, -0.2) is 4.79 Å². The molecule has 2 aromatic rings. The van der Waals surface area contributed by atoms with Crippen molar-refractivity contribution in [3.8, 4) is 5.69 Å². The quantitative estimate of drug-likeness (QED) is 0.772. The summed E-state index contributed by atoms with van der Waals surface area (Å²) in [5.74, 6) is -0.0501. The Labute approximate surface area is 151 Å². The molecule has 3 amide bonds. The molecule has 0 spiro atoms. The average Bonchev–Trinajstić information content (AvgIpc) is 3.01. The Hall–Kier alpha value is -2.35. The van der Waals surface area contributed by atoms with Crippen LogP contribution in [-0.4, -0.2) is 38.5 Å². The number of hydrogen-bond donors (Lipinski definition) is 2. The predicted molar refractivity (Wildman–Crippen MR) is 97.8 cm³/mol. The largest absolute Gasteiger partial charge is 0.338 e. The summed E-state index contributed by atoms with van der Waals surface area (Å²) in [6.07, 6.45) is 1.62. The number of benzene rings is 1. The summed E-state index contributed by atoms with van der Waals surface area (Å²) in [6, 6.07) is 7.38. The summed E-state index contributed by atoms with van der Waals surface area (Å²) < 4.78 is 1.84. The normalized spacial score (nSPS) is 12.0. The second-order valence-electron chi connectivity index (χ2n) is 6.12. The molecule has 0 unspecified atom stereocenters. The van der Waals surface area contributed by atoms with E-state index >= 15 is 0 Å². The maximum absolute atomic E-state index is 12.2. The fourth-order valence-electron chi connectivity index (χ4n) is 2.07. The third-order valence-corrected chi connectivity index (χ3v) is 4.51.